The maximum atomic E-state index is 9.24. The zero-order valence-corrected chi connectivity index (χ0v) is 5.19. The SMILES string of the molecule is NCC(=O)O.c1nc[nH]n1. The van der Waals surface area contributed by atoms with Gasteiger partial charge in [0.05, 0.1) is 6.54 Å². The first-order chi connectivity index (χ1) is 4.77. The van der Waals surface area contributed by atoms with Gasteiger partial charge in [-0.15, -0.1) is 0 Å². The van der Waals surface area contributed by atoms with E-state index in [0.29, 0.717) is 0 Å². The molecule has 1 rings (SSSR count). The maximum absolute atomic E-state index is 9.24. The molecule has 6 nitrogen and oxygen atoms in total. The van der Waals surface area contributed by atoms with E-state index in [1.807, 2.05) is 0 Å². The number of aromatic nitrogens is 3. The van der Waals surface area contributed by atoms with Crippen LogP contribution in [0.5, 0.6) is 0 Å². The first-order valence-electron chi connectivity index (χ1n) is 2.48. The molecule has 1 aromatic rings. The van der Waals surface area contributed by atoms with Gasteiger partial charge in [0, 0.05) is 0 Å². The summed E-state index contributed by atoms with van der Waals surface area (Å²) in [7, 11) is 0. The van der Waals surface area contributed by atoms with Crippen LogP contribution in [0.3, 0.4) is 0 Å². The Balaban J connectivity index is 0.000000162. The fourth-order valence-electron chi connectivity index (χ4n) is 0.167. The lowest BCUT2D eigenvalue weighted by molar-refractivity contribution is -0.135. The van der Waals surface area contributed by atoms with Crippen LogP contribution >= 0.6 is 0 Å². The van der Waals surface area contributed by atoms with Crippen LogP contribution in [0.1, 0.15) is 0 Å². The molecule has 6 heteroatoms. The molecule has 0 aliphatic rings. The van der Waals surface area contributed by atoms with Gasteiger partial charge in [0.1, 0.15) is 12.7 Å². The van der Waals surface area contributed by atoms with Crippen molar-refractivity contribution in [2.45, 2.75) is 0 Å². The van der Waals surface area contributed by atoms with Gasteiger partial charge in [0.25, 0.3) is 0 Å². The molecular formula is C4H8N4O2. The zero-order chi connectivity index (χ0) is 7.82. The van der Waals surface area contributed by atoms with Crippen molar-refractivity contribution in [2.75, 3.05) is 6.54 Å². The van der Waals surface area contributed by atoms with Gasteiger partial charge in [0.2, 0.25) is 0 Å². The number of nitrogens with one attached hydrogen (secondary N) is 1. The van der Waals surface area contributed by atoms with E-state index in [0.717, 1.165) is 0 Å². The molecule has 10 heavy (non-hydrogen) atoms. The number of nitrogens with two attached hydrogens (primary N) is 1. The number of carboxylic acids is 1. The topological polar surface area (TPSA) is 105 Å². The van der Waals surface area contributed by atoms with E-state index in [-0.39, 0.29) is 6.54 Å². The minimum absolute atomic E-state index is 0.278. The Morgan fingerprint density at radius 3 is 2.50 bits per heavy atom. The highest BCUT2D eigenvalue weighted by atomic mass is 16.4. The smallest absolute Gasteiger partial charge is 0.317 e. The van der Waals surface area contributed by atoms with Crippen molar-refractivity contribution in [1.82, 2.24) is 15.2 Å². The first kappa shape index (κ1) is 8.57. The van der Waals surface area contributed by atoms with Gasteiger partial charge in [-0.2, -0.15) is 5.10 Å². The van der Waals surface area contributed by atoms with Crippen molar-refractivity contribution in [1.29, 1.82) is 0 Å². The molecule has 0 radical (unpaired) electrons. The number of H-pyrrole nitrogens is 1. The molecule has 0 saturated heterocycles. The molecule has 4 N–H and O–H groups in total. The van der Waals surface area contributed by atoms with Crippen molar-refractivity contribution in [3.63, 3.8) is 0 Å². The van der Waals surface area contributed by atoms with Crippen LogP contribution < -0.4 is 5.73 Å². The van der Waals surface area contributed by atoms with Crippen LogP contribution in [0.15, 0.2) is 12.7 Å². The van der Waals surface area contributed by atoms with E-state index in [9.17, 15) is 4.79 Å². The second kappa shape index (κ2) is 5.70. The second-order valence-electron chi connectivity index (χ2n) is 1.25. The summed E-state index contributed by atoms with van der Waals surface area (Å²) < 4.78 is 0. The largest absolute Gasteiger partial charge is 0.480 e. The van der Waals surface area contributed by atoms with Crippen LogP contribution in [0, 0.1) is 0 Å². The lowest BCUT2D eigenvalue weighted by Crippen LogP contribution is -2.10. The molecule has 56 valence electrons. The zero-order valence-electron chi connectivity index (χ0n) is 5.19. The molecule has 1 heterocycles. The number of carbonyl (C=O) groups is 1. The van der Waals surface area contributed by atoms with E-state index in [1.165, 1.54) is 12.7 Å². The Bertz CT molecular complexity index is 145. The predicted octanol–water partition coefficient (Wildman–Crippen LogP) is -1.17. The van der Waals surface area contributed by atoms with E-state index >= 15 is 0 Å². The molecule has 1 aromatic heterocycles. The second-order valence-corrected chi connectivity index (χ2v) is 1.25. The Kier molecular flexibility index (Phi) is 4.89. The van der Waals surface area contributed by atoms with Crippen LogP contribution in [0.2, 0.25) is 0 Å². The fraction of sp³-hybridized carbons (Fsp3) is 0.250. The summed E-state index contributed by atoms with van der Waals surface area (Å²) in [6, 6.07) is 0. The summed E-state index contributed by atoms with van der Waals surface area (Å²) in [6.07, 6.45) is 2.96. The molecule has 0 saturated carbocycles. The van der Waals surface area contributed by atoms with E-state index in [2.05, 4.69) is 20.9 Å². The maximum Gasteiger partial charge on any atom is 0.317 e. The van der Waals surface area contributed by atoms with Gasteiger partial charge in [0.15, 0.2) is 0 Å². The van der Waals surface area contributed by atoms with Crippen LogP contribution in [-0.4, -0.2) is 32.8 Å². The third-order valence-electron chi connectivity index (χ3n) is 0.506. The minimum Gasteiger partial charge on any atom is -0.480 e. The Morgan fingerprint density at radius 2 is 2.40 bits per heavy atom. The number of carboxylic acid groups (broad SMARTS) is 1. The monoisotopic (exact) mass is 144 g/mol. The summed E-state index contributed by atoms with van der Waals surface area (Å²) in [4.78, 5) is 12.8. The molecule has 0 atom stereocenters. The van der Waals surface area contributed by atoms with Gasteiger partial charge >= 0.3 is 5.97 Å². The number of rotatable bonds is 1. The molecule has 0 aliphatic heterocycles. The average Bonchev–Trinajstić information content (AvgIpc) is 2.43. The number of hydrogen-bond acceptors (Lipinski definition) is 4. The van der Waals surface area contributed by atoms with Crippen molar-refractivity contribution in [2.24, 2.45) is 5.73 Å². The standard InChI is InChI=1S/C2H3N3.C2H5NO2/c1-3-2-5-4-1;3-1-2(4)5/h1-2H,(H,3,4,5);1,3H2,(H,4,5). The van der Waals surface area contributed by atoms with E-state index < -0.39 is 5.97 Å². The van der Waals surface area contributed by atoms with Gasteiger partial charge in [-0.1, -0.05) is 0 Å². The molecular weight excluding hydrogens is 136 g/mol. The third kappa shape index (κ3) is 6.57. The fourth-order valence-corrected chi connectivity index (χ4v) is 0.167. The van der Waals surface area contributed by atoms with Gasteiger partial charge in [-0.3, -0.25) is 9.89 Å². The van der Waals surface area contributed by atoms with E-state index in [1.54, 1.807) is 0 Å². The van der Waals surface area contributed by atoms with Gasteiger partial charge in [-0.05, 0) is 0 Å². The van der Waals surface area contributed by atoms with Crippen molar-refractivity contribution in [3.05, 3.63) is 12.7 Å². The highest BCUT2D eigenvalue weighted by Crippen LogP contribution is 1.53. The van der Waals surface area contributed by atoms with Crippen molar-refractivity contribution < 1.29 is 9.90 Å². The normalized spacial score (nSPS) is 7.70. The summed E-state index contributed by atoms with van der Waals surface area (Å²) >= 11 is 0. The molecule has 0 unspecified atom stereocenters. The van der Waals surface area contributed by atoms with Gasteiger partial charge in [-0.25, -0.2) is 4.98 Å². The first-order valence-corrected chi connectivity index (χ1v) is 2.48. The Morgan fingerprint density at radius 1 is 1.80 bits per heavy atom. The van der Waals surface area contributed by atoms with Crippen LogP contribution in [0.4, 0.5) is 0 Å². The quantitative estimate of drug-likeness (QED) is 0.460. The third-order valence-corrected chi connectivity index (χ3v) is 0.506. The summed E-state index contributed by atoms with van der Waals surface area (Å²) in [5.41, 5.74) is 4.57. The highest BCUT2D eigenvalue weighted by molar-refractivity contribution is 5.68. The van der Waals surface area contributed by atoms with Crippen LogP contribution in [0.25, 0.3) is 0 Å². The molecule has 0 amide bonds. The van der Waals surface area contributed by atoms with Crippen molar-refractivity contribution >= 4 is 5.97 Å². The highest BCUT2D eigenvalue weighted by Gasteiger charge is 1.81. The molecule has 0 aromatic carbocycles. The molecule has 0 fully saturated rings. The Hall–Kier alpha value is -1.43. The van der Waals surface area contributed by atoms with Crippen molar-refractivity contribution in [3.8, 4) is 0 Å². The lowest BCUT2D eigenvalue weighted by Gasteiger charge is -1.73. The number of aliphatic carboxylic acids is 1. The number of nitrogens with zero attached hydrogens (tertiary/aromatic N) is 2. The Labute approximate surface area is 57.1 Å². The molecule has 0 spiro atoms. The number of aromatic amines is 1. The van der Waals surface area contributed by atoms with Gasteiger partial charge < -0.3 is 10.8 Å². The summed E-state index contributed by atoms with van der Waals surface area (Å²) in [5.74, 6) is -0.968. The van der Waals surface area contributed by atoms with Crippen LogP contribution in [-0.2, 0) is 4.79 Å². The predicted molar refractivity (Wildman–Crippen MR) is 33.1 cm³/mol. The average molecular weight is 144 g/mol. The summed E-state index contributed by atoms with van der Waals surface area (Å²) in [6.45, 7) is -0.278. The number of hydrogen-bond donors (Lipinski definition) is 3. The molecule has 0 aliphatic carbocycles. The van der Waals surface area contributed by atoms with E-state index in [4.69, 9.17) is 5.11 Å². The molecule has 0 bridgehead atoms. The lowest BCUT2D eigenvalue weighted by atomic mass is 10.7. The minimum atomic E-state index is -0.968. The summed E-state index contributed by atoms with van der Waals surface area (Å²) in [5, 5.41) is 13.6.